The van der Waals surface area contributed by atoms with Crippen molar-refractivity contribution < 1.29 is 38.0 Å². The predicted molar refractivity (Wildman–Crippen MR) is 136 cm³/mol. The highest BCUT2D eigenvalue weighted by molar-refractivity contribution is 5.72. The van der Waals surface area contributed by atoms with Gasteiger partial charge in [-0.15, -0.1) is 0 Å². The molecule has 2 aliphatic rings. The Hall–Kier alpha value is -3.10. The van der Waals surface area contributed by atoms with E-state index in [4.69, 9.17) is 28.4 Å². The lowest BCUT2D eigenvalue weighted by molar-refractivity contribution is -0.157. The van der Waals surface area contributed by atoms with Crippen LogP contribution in [0.1, 0.15) is 61.8 Å². The van der Waals surface area contributed by atoms with Gasteiger partial charge in [0.2, 0.25) is 0 Å². The molecule has 2 unspecified atom stereocenters. The fraction of sp³-hybridized carbons (Fsp3) is 0.517. The molecule has 0 spiro atoms. The zero-order valence-corrected chi connectivity index (χ0v) is 22.1. The van der Waals surface area contributed by atoms with Crippen LogP contribution in [0.2, 0.25) is 0 Å². The van der Waals surface area contributed by atoms with Gasteiger partial charge in [0, 0.05) is 44.6 Å². The van der Waals surface area contributed by atoms with Gasteiger partial charge in [-0.3, -0.25) is 9.59 Å². The van der Waals surface area contributed by atoms with Crippen LogP contribution in [0, 0.1) is 0 Å². The first-order valence-electron chi connectivity index (χ1n) is 12.6. The molecule has 8 nitrogen and oxygen atoms in total. The number of cyclic esters (lactones) is 2. The third-order valence-corrected chi connectivity index (χ3v) is 6.86. The second kappa shape index (κ2) is 11.5. The Labute approximate surface area is 218 Å². The average Bonchev–Trinajstić information content (AvgIpc) is 2.83. The molecule has 0 aliphatic carbocycles. The molecule has 2 aromatic carbocycles. The van der Waals surface area contributed by atoms with Gasteiger partial charge in [0.1, 0.15) is 22.7 Å². The molecular formula is C29H36O8. The fourth-order valence-corrected chi connectivity index (χ4v) is 4.88. The molecule has 2 aliphatic heterocycles. The van der Waals surface area contributed by atoms with Crippen LogP contribution >= 0.6 is 0 Å². The third kappa shape index (κ3) is 6.62. The summed E-state index contributed by atoms with van der Waals surface area (Å²) in [6.45, 7) is 5.29. The molecule has 0 aromatic heterocycles. The van der Waals surface area contributed by atoms with E-state index in [-0.39, 0.29) is 24.8 Å². The van der Waals surface area contributed by atoms with E-state index in [9.17, 15) is 9.59 Å². The second-order valence-corrected chi connectivity index (χ2v) is 10.3. The molecule has 4 rings (SSSR count). The number of methoxy groups -OCH3 is 2. The molecule has 37 heavy (non-hydrogen) atoms. The van der Waals surface area contributed by atoms with Gasteiger partial charge < -0.3 is 28.4 Å². The summed E-state index contributed by atoms with van der Waals surface area (Å²) in [5.41, 5.74) is 2.34. The molecule has 2 atom stereocenters. The Bertz CT molecular complexity index is 1040. The van der Waals surface area contributed by atoms with Crippen LogP contribution in [0.15, 0.2) is 36.4 Å². The topological polar surface area (TPSA) is 89.5 Å². The maximum atomic E-state index is 12.1. The van der Waals surface area contributed by atoms with Crippen LogP contribution < -0.4 is 9.47 Å². The Kier molecular flexibility index (Phi) is 8.39. The summed E-state index contributed by atoms with van der Waals surface area (Å²) in [7, 11) is 3.29. The van der Waals surface area contributed by atoms with E-state index in [0.29, 0.717) is 57.2 Å². The number of esters is 2. The van der Waals surface area contributed by atoms with Crippen LogP contribution in [0.25, 0.3) is 0 Å². The lowest BCUT2D eigenvalue weighted by Gasteiger charge is -2.35. The number of para-hydroxylation sites is 2. The quantitative estimate of drug-likeness (QED) is 0.430. The maximum Gasteiger partial charge on any atom is 0.309 e. The lowest BCUT2D eigenvalue weighted by Crippen LogP contribution is -2.41. The summed E-state index contributed by atoms with van der Waals surface area (Å²) in [6, 6.07) is 11.9. The standard InChI is InChI=1S/C29H36O8/c1-28(11-13-34-24(30)16-28)36-26-20(7-5-9-22(26)18-32-3)15-21-8-6-10-23(19-33-4)27(21)37-29(2)12-14-35-25(31)17-29/h5-10H,11-19H2,1-4H3. The minimum atomic E-state index is -0.679. The van der Waals surface area contributed by atoms with Crippen LogP contribution in [0.4, 0.5) is 0 Å². The van der Waals surface area contributed by atoms with E-state index in [1.807, 2.05) is 50.2 Å². The Morgan fingerprint density at radius 1 is 0.703 bits per heavy atom. The van der Waals surface area contributed by atoms with Gasteiger partial charge in [0.15, 0.2) is 0 Å². The van der Waals surface area contributed by atoms with Gasteiger partial charge in [-0.05, 0) is 25.0 Å². The Balaban J connectivity index is 1.71. The smallest absolute Gasteiger partial charge is 0.309 e. The van der Waals surface area contributed by atoms with E-state index in [1.54, 1.807) is 14.2 Å². The Morgan fingerprint density at radius 2 is 1.11 bits per heavy atom. The second-order valence-electron chi connectivity index (χ2n) is 10.3. The predicted octanol–water partition coefficient (Wildman–Crippen LogP) is 4.52. The van der Waals surface area contributed by atoms with E-state index < -0.39 is 11.2 Å². The van der Waals surface area contributed by atoms with Gasteiger partial charge in [-0.1, -0.05) is 36.4 Å². The SMILES string of the molecule is COCc1cccc(Cc2cccc(COC)c2OC2(C)CCOC(=O)C2)c1OC1(C)CCOC(=O)C1. The zero-order chi connectivity index (χ0) is 26.5. The van der Waals surface area contributed by atoms with Crippen molar-refractivity contribution in [2.24, 2.45) is 0 Å². The molecule has 2 saturated heterocycles. The number of hydrogen-bond acceptors (Lipinski definition) is 8. The van der Waals surface area contributed by atoms with Crippen LogP contribution in [-0.2, 0) is 48.2 Å². The number of carbonyl (C=O) groups is 2. The minimum absolute atomic E-state index is 0.180. The van der Waals surface area contributed by atoms with Crippen molar-refractivity contribution in [3.8, 4) is 11.5 Å². The number of rotatable bonds is 10. The lowest BCUT2D eigenvalue weighted by atomic mass is 9.93. The van der Waals surface area contributed by atoms with Crippen molar-refractivity contribution in [2.75, 3.05) is 27.4 Å². The fourth-order valence-electron chi connectivity index (χ4n) is 4.88. The molecule has 200 valence electrons. The molecule has 2 aromatic rings. The van der Waals surface area contributed by atoms with E-state index in [0.717, 1.165) is 22.3 Å². The summed E-state index contributed by atoms with van der Waals surface area (Å²) in [5.74, 6) is 0.887. The normalized spacial score (nSPS) is 23.8. The summed E-state index contributed by atoms with van der Waals surface area (Å²) in [5, 5.41) is 0. The van der Waals surface area contributed by atoms with Gasteiger partial charge in [-0.25, -0.2) is 0 Å². The molecule has 0 bridgehead atoms. The van der Waals surface area contributed by atoms with E-state index >= 15 is 0 Å². The summed E-state index contributed by atoms with van der Waals surface area (Å²) in [4.78, 5) is 24.1. The highest BCUT2D eigenvalue weighted by Crippen LogP contribution is 2.38. The summed E-state index contributed by atoms with van der Waals surface area (Å²) in [6.07, 6.45) is 2.08. The zero-order valence-electron chi connectivity index (χ0n) is 22.1. The van der Waals surface area contributed by atoms with E-state index in [1.165, 1.54) is 0 Å². The van der Waals surface area contributed by atoms with Crippen LogP contribution in [-0.4, -0.2) is 50.6 Å². The third-order valence-electron chi connectivity index (χ3n) is 6.86. The molecule has 2 fully saturated rings. The highest BCUT2D eigenvalue weighted by Gasteiger charge is 2.37. The van der Waals surface area contributed by atoms with Crippen molar-refractivity contribution in [1.29, 1.82) is 0 Å². The van der Waals surface area contributed by atoms with Crippen molar-refractivity contribution in [3.05, 3.63) is 58.7 Å². The Morgan fingerprint density at radius 3 is 1.49 bits per heavy atom. The molecule has 0 saturated carbocycles. The van der Waals surface area contributed by atoms with E-state index in [2.05, 4.69) is 0 Å². The first kappa shape index (κ1) is 26.9. The van der Waals surface area contributed by atoms with Crippen LogP contribution in [0.3, 0.4) is 0 Å². The monoisotopic (exact) mass is 512 g/mol. The molecule has 0 amide bonds. The average molecular weight is 513 g/mol. The molecule has 0 radical (unpaired) electrons. The maximum absolute atomic E-state index is 12.1. The first-order chi connectivity index (χ1) is 17.7. The summed E-state index contributed by atoms with van der Waals surface area (Å²) >= 11 is 0. The largest absolute Gasteiger partial charge is 0.486 e. The number of benzene rings is 2. The van der Waals surface area contributed by atoms with Crippen molar-refractivity contribution in [2.45, 2.75) is 70.4 Å². The van der Waals surface area contributed by atoms with Gasteiger partial charge in [0.05, 0.1) is 39.3 Å². The minimum Gasteiger partial charge on any atom is -0.486 e. The van der Waals surface area contributed by atoms with Gasteiger partial charge >= 0.3 is 11.9 Å². The molecular weight excluding hydrogens is 476 g/mol. The van der Waals surface area contributed by atoms with Crippen molar-refractivity contribution in [1.82, 2.24) is 0 Å². The summed E-state index contributed by atoms with van der Waals surface area (Å²) < 4.78 is 34.4. The molecule has 2 heterocycles. The highest BCUT2D eigenvalue weighted by atomic mass is 16.6. The first-order valence-corrected chi connectivity index (χ1v) is 12.6. The molecule has 0 N–H and O–H groups in total. The number of carbonyl (C=O) groups excluding carboxylic acids is 2. The van der Waals surface area contributed by atoms with Crippen molar-refractivity contribution >= 4 is 11.9 Å². The van der Waals surface area contributed by atoms with Gasteiger partial charge in [-0.2, -0.15) is 0 Å². The number of hydrogen-bond donors (Lipinski definition) is 0. The number of ether oxygens (including phenoxy) is 6. The van der Waals surface area contributed by atoms with Crippen LogP contribution in [0.5, 0.6) is 11.5 Å². The van der Waals surface area contributed by atoms with Crippen molar-refractivity contribution in [3.63, 3.8) is 0 Å². The van der Waals surface area contributed by atoms with Gasteiger partial charge in [0.25, 0.3) is 0 Å². The molecule has 8 heteroatoms.